The Bertz CT molecular complexity index is 477. The predicted molar refractivity (Wildman–Crippen MR) is 78.6 cm³/mol. The largest absolute Gasteiger partial charge is 0.507 e. The van der Waals surface area contributed by atoms with Crippen molar-refractivity contribution in [1.82, 2.24) is 0 Å². The first-order chi connectivity index (χ1) is 8.90. The summed E-state index contributed by atoms with van der Waals surface area (Å²) in [6, 6.07) is 3.48. The number of hydrogen-bond donors (Lipinski definition) is 2. The highest BCUT2D eigenvalue weighted by atomic mass is 16.3. The summed E-state index contributed by atoms with van der Waals surface area (Å²) in [4.78, 5) is 0. The van der Waals surface area contributed by atoms with E-state index >= 15 is 0 Å². The maximum atomic E-state index is 10.2. The molecule has 0 spiro atoms. The van der Waals surface area contributed by atoms with Crippen molar-refractivity contribution in [1.29, 1.82) is 0 Å². The third-order valence-corrected chi connectivity index (χ3v) is 4.27. The second-order valence-electron chi connectivity index (χ2n) is 6.20. The molecular weight excluding hydrogens is 236 g/mol. The summed E-state index contributed by atoms with van der Waals surface area (Å²) in [5.41, 5.74) is 2.93. The monoisotopic (exact) mass is 260 g/mol. The van der Waals surface area contributed by atoms with E-state index in [1.54, 1.807) is 12.1 Å². The van der Waals surface area contributed by atoms with E-state index in [2.05, 4.69) is 26.8 Å². The van der Waals surface area contributed by atoms with Crippen LogP contribution < -0.4 is 0 Å². The zero-order valence-corrected chi connectivity index (χ0v) is 12.3. The standard InChI is InChI=1S/C17H24O2/c1-10(2)13-6-5-11(3)7-14(13)17-15(18)8-12(4)9-16(17)19/h7-10,13-14,18-19H,5-6H2,1-4H3/t13-,14+/m1/s1. The number of benzene rings is 1. The van der Waals surface area contributed by atoms with E-state index < -0.39 is 0 Å². The smallest absolute Gasteiger partial charge is 0.123 e. The van der Waals surface area contributed by atoms with E-state index in [9.17, 15) is 10.2 Å². The third kappa shape index (κ3) is 2.78. The van der Waals surface area contributed by atoms with Crippen molar-refractivity contribution in [2.45, 2.75) is 46.5 Å². The number of allylic oxidation sites excluding steroid dienone is 2. The molecule has 0 saturated heterocycles. The molecule has 1 aromatic rings. The molecule has 1 aliphatic rings. The average Bonchev–Trinajstić information content (AvgIpc) is 2.27. The molecular formula is C17H24O2. The molecule has 0 unspecified atom stereocenters. The predicted octanol–water partition coefficient (Wildman–Crippen LogP) is 4.50. The van der Waals surface area contributed by atoms with Crippen molar-refractivity contribution < 1.29 is 10.2 Å². The van der Waals surface area contributed by atoms with Gasteiger partial charge in [0.05, 0.1) is 0 Å². The Morgan fingerprint density at radius 3 is 2.21 bits per heavy atom. The number of phenols is 2. The lowest BCUT2D eigenvalue weighted by Gasteiger charge is -2.33. The highest BCUT2D eigenvalue weighted by Gasteiger charge is 2.31. The average molecular weight is 260 g/mol. The zero-order valence-electron chi connectivity index (χ0n) is 12.3. The lowest BCUT2D eigenvalue weighted by Crippen LogP contribution is -2.21. The van der Waals surface area contributed by atoms with Gasteiger partial charge in [0.25, 0.3) is 0 Å². The van der Waals surface area contributed by atoms with Crippen molar-refractivity contribution in [2.75, 3.05) is 0 Å². The quantitative estimate of drug-likeness (QED) is 0.768. The maximum Gasteiger partial charge on any atom is 0.123 e. The fraction of sp³-hybridized carbons (Fsp3) is 0.529. The fourth-order valence-electron chi connectivity index (χ4n) is 3.23. The molecule has 1 aliphatic carbocycles. The Kier molecular flexibility index (Phi) is 3.88. The molecule has 2 nitrogen and oxygen atoms in total. The summed E-state index contributed by atoms with van der Waals surface area (Å²) < 4.78 is 0. The van der Waals surface area contributed by atoms with Crippen molar-refractivity contribution in [3.05, 3.63) is 34.9 Å². The van der Waals surface area contributed by atoms with Gasteiger partial charge >= 0.3 is 0 Å². The summed E-state index contributed by atoms with van der Waals surface area (Å²) in [5.74, 6) is 1.57. The molecule has 0 aliphatic heterocycles. The molecule has 2 N–H and O–H groups in total. The summed E-state index contributed by atoms with van der Waals surface area (Å²) >= 11 is 0. The molecule has 0 bridgehead atoms. The molecule has 0 amide bonds. The van der Waals surface area contributed by atoms with Crippen LogP contribution in [0, 0.1) is 18.8 Å². The number of rotatable bonds is 2. The van der Waals surface area contributed by atoms with Gasteiger partial charge in [0.1, 0.15) is 11.5 Å². The van der Waals surface area contributed by atoms with Gasteiger partial charge in [-0.2, -0.15) is 0 Å². The third-order valence-electron chi connectivity index (χ3n) is 4.27. The highest BCUT2D eigenvalue weighted by molar-refractivity contribution is 5.50. The van der Waals surface area contributed by atoms with Crippen molar-refractivity contribution in [3.63, 3.8) is 0 Å². The summed E-state index contributed by atoms with van der Waals surface area (Å²) in [6.07, 6.45) is 4.46. The molecule has 1 aromatic carbocycles. The first kappa shape index (κ1) is 14.0. The van der Waals surface area contributed by atoms with Gasteiger partial charge in [0.15, 0.2) is 0 Å². The molecule has 2 heteroatoms. The first-order valence-electron chi connectivity index (χ1n) is 7.10. The second kappa shape index (κ2) is 5.28. The van der Waals surface area contributed by atoms with Gasteiger partial charge in [0, 0.05) is 11.5 Å². The molecule has 0 fully saturated rings. The van der Waals surface area contributed by atoms with Crippen LogP contribution in [0.4, 0.5) is 0 Å². The fourth-order valence-corrected chi connectivity index (χ4v) is 3.23. The molecule has 0 saturated carbocycles. The zero-order chi connectivity index (χ0) is 14.2. The minimum Gasteiger partial charge on any atom is -0.507 e. The lowest BCUT2D eigenvalue weighted by atomic mass is 9.71. The van der Waals surface area contributed by atoms with E-state index in [1.807, 2.05) is 6.92 Å². The van der Waals surface area contributed by atoms with E-state index in [1.165, 1.54) is 5.57 Å². The van der Waals surface area contributed by atoms with E-state index in [0.29, 0.717) is 17.4 Å². The van der Waals surface area contributed by atoms with Gasteiger partial charge in [-0.15, -0.1) is 0 Å². The van der Waals surface area contributed by atoms with Crippen LogP contribution in [0.2, 0.25) is 0 Å². The molecule has 104 valence electrons. The van der Waals surface area contributed by atoms with Crippen molar-refractivity contribution in [3.8, 4) is 11.5 Å². The second-order valence-corrected chi connectivity index (χ2v) is 6.20. The van der Waals surface area contributed by atoms with E-state index in [4.69, 9.17) is 0 Å². The van der Waals surface area contributed by atoms with E-state index in [-0.39, 0.29) is 17.4 Å². The number of aryl methyl sites for hydroxylation is 1. The first-order valence-corrected chi connectivity index (χ1v) is 7.10. The van der Waals surface area contributed by atoms with Crippen LogP contribution in [0.3, 0.4) is 0 Å². The Morgan fingerprint density at radius 1 is 1.11 bits per heavy atom. The SMILES string of the molecule is CC1=C[C@H](c2c(O)cc(C)cc2O)[C@@H](C(C)C)CC1. The van der Waals surface area contributed by atoms with Crippen LogP contribution >= 0.6 is 0 Å². The normalized spacial score (nSPS) is 23.5. The molecule has 0 heterocycles. The molecule has 0 radical (unpaired) electrons. The van der Waals surface area contributed by atoms with Crippen LogP contribution in [0.25, 0.3) is 0 Å². The van der Waals surface area contributed by atoms with Gasteiger partial charge in [-0.1, -0.05) is 25.5 Å². The van der Waals surface area contributed by atoms with Gasteiger partial charge < -0.3 is 10.2 Å². The summed E-state index contributed by atoms with van der Waals surface area (Å²) in [7, 11) is 0. The van der Waals surface area contributed by atoms with Crippen molar-refractivity contribution >= 4 is 0 Å². The number of aromatic hydroxyl groups is 2. The summed E-state index contributed by atoms with van der Waals surface area (Å²) in [6.45, 7) is 8.44. The maximum absolute atomic E-state index is 10.2. The van der Waals surface area contributed by atoms with Gasteiger partial charge in [0.2, 0.25) is 0 Å². The molecule has 2 atom stereocenters. The lowest BCUT2D eigenvalue weighted by molar-refractivity contribution is 0.304. The highest BCUT2D eigenvalue weighted by Crippen LogP contribution is 2.46. The van der Waals surface area contributed by atoms with Gasteiger partial charge in [-0.05, 0) is 56.2 Å². The van der Waals surface area contributed by atoms with Crippen LogP contribution in [0.1, 0.15) is 50.7 Å². The van der Waals surface area contributed by atoms with Crippen LogP contribution in [0.15, 0.2) is 23.8 Å². The van der Waals surface area contributed by atoms with Crippen LogP contribution in [-0.2, 0) is 0 Å². The Morgan fingerprint density at radius 2 is 1.68 bits per heavy atom. The Hall–Kier alpha value is -1.44. The number of phenolic OH excluding ortho intramolecular Hbond substituents is 2. The van der Waals surface area contributed by atoms with Gasteiger partial charge in [-0.25, -0.2) is 0 Å². The Balaban J connectivity index is 2.51. The minimum atomic E-state index is 0.120. The van der Waals surface area contributed by atoms with Crippen LogP contribution in [0.5, 0.6) is 11.5 Å². The molecule has 19 heavy (non-hydrogen) atoms. The number of hydrogen-bond acceptors (Lipinski definition) is 2. The van der Waals surface area contributed by atoms with E-state index in [0.717, 1.165) is 18.4 Å². The molecule has 0 aromatic heterocycles. The van der Waals surface area contributed by atoms with Gasteiger partial charge in [-0.3, -0.25) is 0 Å². The topological polar surface area (TPSA) is 40.5 Å². The minimum absolute atomic E-state index is 0.120. The Labute approximate surface area is 115 Å². The molecule has 2 rings (SSSR count). The van der Waals surface area contributed by atoms with Crippen molar-refractivity contribution in [2.24, 2.45) is 11.8 Å². The summed E-state index contributed by atoms with van der Waals surface area (Å²) in [5, 5.41) is 20.4. The van der Waals surface area contributed by atoms with Crippen LogP contribution in [-0.4, -0.2) is 10.2 Å².